The number of phenolic OH excluding ortho intramolecular Hbond substituents is 1. The SMILES string of the molecule is CCCc1cc(N)nc(-c2cc(C)c(O)c(C)c2)n1. The topological polar surface area (TPSA) is 72.0 Å². The van der Waals surface area contributed by atoms with Gasteiger partial charge >= 0.3 is 0 Å². The Morgan fingerprint density at radius 3 is 2.32 bits per heavy atom. The highest BCUT2D eigenvalue weighted by molar-refractivity contribution is 5.62. The fourth-order valence-electron chi connectivity index (χ4n) is 2.12. The van der Waals surface area contributed by atoms with Crippen LogP contribution in [0.25, 0.3) is 11.4 Å². The van der Waals surface area contributed by atoms with Crippen LogP contribution in [-0.2, 0) is 6.42 Å². The molecule has 1 heterocycles. The highest BCUT2D eigenvalue weighted by Crippen LogP contribution is 2.27. The molecule has 3 N–H and O–H groups in total. The minimum Gasteiger partial charge on any atom is -0.507 e. The zero-order valence-electron chi connectivity index (χ0n) is 11.6. The molecule has 4 heteroatoms. The van der Waals surface area contributed by atoms with Crippen molar-refractivity contribution in [2.24, 2.45) is 0 Å². The molecule has 0 unspecified atom stereocenters. The first-order valence-corrected chi connectivity index (χ1v) is 6.45. The molecule has 0 saturated carbocycles. The zero-order chi connectivity index (χ0) is 14.0. The molecular formula is C15H19N3O. The second-order valence-electron chi connectivity index (χ2n) is 4.82. The molecule has 0 aliphatic carbocycles. The fourth-order valence-corrected chi connectivity index (χ4v) is 2.12. The van der Waals surface area contributed by atoms with Crippen LogP contribution < -0.4 is 5.73 Å². The third kappa shape index (κ3) is 2.84. The number of benzene rings is 1. The summed E-state index contributed by atoms with van der Waals surface area (Å²) in [5.41, 5.74) is 9.31. The van der Waals surface area contributed by atoms with Gasteiger partial charge in [0.2, 0.25) is 0 Å². The second-order valence-corrected chi connectivity index (χ2v) is 4.82. The lowest BCUT2D eigenvalue weighted by Gasteiger charge is -2.09. The van der Waals surface area contributed by atoms with Gasteiger partial charge in [0.05, 0.1) is 0 Å². The van der Waals surface area contributed by atoms with Crippen LogP contribution in [-0.4, -0.2) is 15.1 Å². The molecule has 1 aromatic carbocycles. The normalized spacial score (nSPS) is 10.7. The molecule has 0 saturated heterocycles. The van der Waals surface area contributed by atoms with E-state index in [0.717, 1.165) is 35.2 Å². The van der Waals surface area contributed by atoms with Crippen LogP contribution in [0.2, 0.25) is 0 Å². The Balaban J connectivity index is 2.52. The number of aromatic hydroxyl groups is 1. The van der Waals surface area contributed by atoms with Crippen molar-refractivity contribution in [3.05, 3.63) is 35.0 Å². The molecule has 0 atom stereocenters. The lowest BCUT2D eigenvalue weighted by atomic mass is 10.1. The standard InChI is InChI=1S/C15H19N3O/c1-4-5-12-8-13(16)18-15(17-12)11-6-9(2)14(19)10(3)7-11/h6-8,19H,4-5H2,1-3H3,(H2,16,17,18). The van der Waals surface area contributed by atoms with Crippen molar-refractivity contribution < 1.29 is 5.11 Å². The average molecular weight is 257 g/mol. The van der Waals surface area contributed by atoms with Gasteiger partial charge in [-0.05, 0) is 43.5 Å². The van der Waals surface area contributed by atoms with Crippen LogP contribution >= 0.6 is 0 Å². The maximum atomic E-state index is 9.81. The predicted octanol–water partition coefficient (Wildman–Crippen LogP) is 3.00. The van der Waals surface area contributed by atoms with Crippen molar-refractivity contribution in [3.63, 3.8) is 0 Å². The van der Waals surface area contributed by atoms with Gasteiger partial charge in [-0.1, -0.05) is 13.3 Å². The van der Waals surface area contributed by atoms with E-state index >= 15 is 0 Å². The van der Waals surface area contributed by atoms with E-state index in [1.165, 1.54) is 0 Å². The van der Waals surface area contributed by atoms with E-state index < -0.39 is 0 Å². The average Bonchev–Trinajstić information content (AvgIpc) is 2.35. The van der Waals surface area contributed by atoms with Gasteiger partial charge in [0, 0.05) is 17.3 Å². The number of aryl methyl sites for hydroxylation is 3. The minimum absolute atomic E-state index is 0.321. The van der Waals surface area contributed by atoms with Crippen LogP contribution in [0, 0.1) is 13.8 Å². The van der Waals surface area contributed by atoms with E-state index in [9.17, 15) is 5.11 Å². The van der Waals surface area contributed by atoms with E-state index in [0.29, 0.717) is 17.4 Å². The maximum absolute atomic E-state index is 9.81. The summed E-state index contributed by atoms with van der Waals surface area (Å²) in [6.07, 6.45) is 1.90. The molecule has 100 valence electrons. The molecule has 19 heavy (non-hydrogen) atoms. The van der Waals surface area contributed by atoms with Crippen molar-refractivity contribution in [3.8, 4) is 17.1 Å². The molecule has 0 fully saturated rings. The molecule has 0 amide bonds. The smallest absolute Gasteiger partial charge is 0.161 e. The number of aromatic nitrogens is 2. The molecule has 0 spiro atoms. The molecule has 0 aliphatic rings. The molecule has 0 aliphatic heterocycles. The summed E-state index contributed by atoms with van der Waals surface area (Å²) in [6, 6.07) is 5.58. The molecule has 0 bridgehead atoms. The van der Waals surface area contributed by atoms with Crippen molar-refractivity contribution in [1.82, 2.24) is 9.97 Å². The highest BCUT2D eigenvalue weighted by atomic mass is 16.3. The molecule has 0 radical (unpaired) electrons. The fraction of sp³-hybridized carbons (Fsp3) is 0.333. The zero-order valence-corrected chi connectivity index (χ0v) is 11.6. The number of nitrogen functional groups attached to an aromatic ring is 1. The van der Waals surface area contributed by atoms with Gasteiger partial charge in [0.25, 0.3) is 0 Å². The first-order chi connectivity index (χ1) is 9.01. The molecule has 1 aromatic heterocycles. The number of anilines is 1. The molecule has 2 rings (SSSR count). The number of phenols is 1. The van der Waals surface area contributed by atoms with Crippen molar-refractivity contribution in [2.45, 2.75) is 33.6 Å². The summed E-state index contributed by atoms with van der Waals surface area (Å²) in [7, 11) is 0. The van der Waals surface area contributed by atoms with Crippen LogP contribution in [0.3, 0.4) is 0 Å². The summed E-state index contributed by atoms with van der Waals surface area (Å²) >= 11 is 0. The van der Waals surface area contributed by atoms with Gasteiger partial charge in [0.1, 0.15) is 11.6 Å². The van der Waals surface area contributed by atoms with Crippen molar-refractivity contribution in [1.29, 1.82) is 0 Å². The van der Waals surface area contributed by atoms with Gasteiger partial charge in [-0.2, -0.15) is 0 Å². The van der Waals surface area contributed by atoms with E-state index in [2.05, 4.69) is 16.9 Å². The van der Waals surface area contributed by atoms with Gasteiger partial charge in [-0.3, -0.25) is 0 Å². The third-order valence-electron chi connectivity index (χ3n) is 3.05. The van der Waals surface area contributed by atoms with Gasteiger partial charge in [-0.25, -0.2) is 9.97 Å². The first-order valence-electron chi connectivity index (χ1n) is 6.45. The Morgan fingerprint density at radius 2 is 1.74 bits per heavy atom. The quantitative estimate of drug-likeness (QED) is 0.886. The molecule has 2 aromatic rings. The number of hydrogen-bond acceptors (Lipinski definition) is 4. The Bertz CT molecular complexity index is 585. The highest BCUT2D eigenvalue weighted by Gasteiger charge is 2.09. The summed E-state index contributed by atoms with van der Waals surface area (Å²) < 4.78 is 0. The maximum Gasteiger partial charge on any atom is 0.161 e. The number of hydrogen-bond donors (Lipinski definition) is 2. The minimum atomic E-state index is 0.321. The van der Waals surface area contributed by atoms with Gasteiger partial charge in [0.15, 0.2) is 5.82 Å². The number of nitrogens with zero attached hydrogens (tertiary/aromatic N) is 2. The Kier molecular flexibility index (Phi) is 3.69. The lowest BCUT2D eigenvalue weighted by Crippen LogP contribution is -2.00. The lowest BCUT2D eigenvalue weighted by molar-refractivity contribution is 0.467. The monoisotopic (exact) mass is 257 g/mol. The second kappa shape index (κ2) is 5.26. The first kappa shape index (κ1) is 13.3. The summed E-state index contributed by atoms with van der Waals surface area (Å²) in [6.45, 7) is 5.84. The summed E-state index contributed by atoms with van der Waals surface area (Å²) in [5, 5.41) is 9.81. The van der Waals surface area contributed by atoms with E-state index in [4.69, 9.17) is 5.73 Å². The Labute approximate surface area is 113 Å². The van der Waals surface area contributed by atoms with Gasteiger partial charge < -0.3 is 10.8 Å². The molecular weight excluding hydrogens is 238 g/mol. The van der Waals surface area contributed by atoms with Crippen molar-refractivity contribution in [2.75, 3.05) is 5.73 Å². The molecule has 4 nitrogen and oxygen atoms in total. The van der Waals surface area contributed by atoms with Crippen molar-refractivity contribution >= 4 is 5.82 Å². The Hall–Kier alpha value is -2.10. The van der Waals surface area contributed by atoms with Crippen LogP contribution in [0.4, 0.5) is 5.82 Å². The van der Waals surface area contributed by atoms with E-state index in [1.54, 1.807) is 0 Å². The third-order valence-corrected chi connectivity index (χ3v) is 3.05. The Morgan fingerprint density at radius 1 is 1.11 bits per heavy atom. The largest absolute Gasteiger partial charge is 0.507 e. The number of nitrogens with two attached hydrogens (primary N) is 1. The van der Waals surface area contributed by atoms with Crippen LogP contribution in [0.5, 0.6) is 5.75 Å². The van der Waals surface area contributed by atoms with Crippen LogP contribution in [0.1, 0.15) is 30.2 Å². The summed E-state index contributed by atoms with van der Waals surface area (Å²) in [5.74, 6) is 1.42. The van der Waals surface area contributed by atoms with Crippen LogP contribution in [0.15, 0.2) is 18.2 Å². The summed E-state index contributed by atoms with van der Waals surface area (Å²) in [4.78, 5) is 8.82. The predicted molar refractivity (Wildman–Crippen MR) is 77.0 cm³/mol. The number of rotatable bonds is 3. The van der Waals surface area contributed by atoms with Gasteiger partial charge in [-0.15, -0.1) is 0 Å². The van der Waals surface area contributed by atoms with E-state index in [1.807, 2.05) is 32.0 Å². The van der Waals surface area contributed by atoms with E-state index in [-0.39, 0.29) is 0 Å².